The Morgan fingerprint density at radius 3 is 2.63 bits per heavy atom. The Morgan fingerprint density at radius 2 is 1.85 bits per heavy atom. The van der Waals surface area contributed by atoms with Gasteiger partial charge in [0.05, 0.1) is 0 Å². The Kier molecular flexibility index (Phi) is 6.93. The molecule has 27 heavy (non-hydrogen) atoms. The molecule has 2 aromatic rings. The topological polar surface area (TPSA) is 32.3 Å². The smallest absolute Gasteiger partial charge is 0.220 e. The van der Waals surface area contributed by atoms with E-state index in [1.165, 1.54) is 11.6 Å². The van der Waals surface area contributed by atoms with Gasteiger partial charge in [-0.1, -0.05) is 36.4 Å². The number of nitrogens with zero attached hydrogens (tertiary/aromatic N) is 1. The van der Waals surface area contributed by atoms with Gasteiger partial charge >= 0.3 is 0 Å². The number of amides is 1. The minimum atomic E-state index is -0.866. The molecule has 1 fully saturated rings. The summed E-state index contributed by atoms with van der Waals surface area (Å²) in [5, 5.41) is 3.09. The van der Waals surface area contributed by atoms with Crippen LogP contribution >= 0.6 is 0 Å². The zero-order valence-electron chi connectivity index (χ0n) is 15.5. The summed E-state index contributed by atoms with van der Waals surface area (Å²) in [6, 6.07) is 14.4. The van der Waals surface area contributed by atoms with Crippen LogP contribution in [-0.4, -0.2) is 36.5 Å². The Labute approximate surface area is 159 Å². The molecule has 5 heteroatoms. The van der Waals surface area contributed by atoms with Gasteiger partial charge in [-0.2, -0.15) is 0 Å². The first kappa shape index (κ1) is 19.5. The van der Waals surface area contributed by atoms with Crippen LogP contribution in [0.25, 0.3) is 0 Å². The van der Waals surface area contributed by atoms with Crippen LogP contribution in [0.4, 0.5) is 8.78 Å². The second kappa shape index (κ2) is 9.60. The number of piperidine rings is 1. The van der Waals surface area contributed by atoms with Crippen LogP contribution in [0.1, 0.15) is 30.4 Å². The van der Waals surface area contributed by atoms with Gasteiger partial charge in [0.2, 0.25) is 5.91 Å². The normalized spacial score (nSPS) is 17.6. The third kappa shape index (κ3) is 6.14. The Balaban J connectivity index is 1.41. The van der Waals surface area contributed by atoms with Crippen LogP contribution in [-0.2, 0) is 17.6 Å². The lowest BCUT2D eigenvalue weighted by atomic mass is 10.0. The zero-order chi connectivity index (χ0) is 19.1. The van der Waals surface area contributed by atoms with E-state index in [1.807, 2.05) is 6.07 Å². The molecule has 0 aromatic heterocycles. The SMILES string of the molecule is O=C(CCc1ccc(F)c(F)c1)NC1CCCN(CCc2ccccc2)C1. The van der Waals surface area contributed by atoms with Crippen molar-refractivity contribution in [1.82, 2.24) is 10.2 Å². The molecule has 0 radical (unpaired) electrons. The van der Waals surface area contributed by atoms with Crippen molar-refractivity contribution in [3.8, 4) is 0 Å². The van der Waals surface area contributed by atoms with E-state index in [9.17, 15) is 13.6 Å². The van der Waals surface area contributed by atoms with E-state index in [1.54, 1.807) is 0 Å². The van der Waals surface area contributed by atoms with Crippen molar-refractivity contribution in [2.45, 2.75) is 38.1 Å². The summed E-state index contributed by atoms with van der Waals surface area (Å²) in [5.41, 5.74) is 1.97. The van der Waals surface area contributed by atoms with Gasteiger partial charge in [-0.05, 0) is 55.5 Å². The van der Waals surface area contributed by atoms with Crippen LogP contribution in [0.2, 0.25) is 0 Å². The maximum absolute atomic E-state index is 13.2. The first-order valence-corrected chi connectivity index (χ1v) is 9.60. The molecule has 1 saturated heterocycles. The van der Waals surface area contributed by atoms with Crippen molar-refractivity contribution < 1.29 is 13.6 Å². The summed E-state index contributed by atoms with van der Waals surface area (Å²) in [6.45, 7) is 2.92. The van der Waals surface area contributed by atoms with Crippen molar-refractivity contribution in [2.24, 2.45) is 0 Å². The summed E-state index contributed by atoms with van der Waals surface area (Å²) in [4.78, 5) is 14.6. The lowest BCUT2D eigenvalue weighted by molar-refractivity contribution is -0.122. The summed E-state index contributed by atoms with van der Waals surface area (Å²) in [7, 11) is 0. The molecule has 3 rings (SSSR count). The van der Waals surface area contributed by atoms with Crippen molar-refractivity contribution in [3.63, 3.8) is 0 Å². The summed E-state index contributed by atoms with van der Waals surface area (Å²) < 4.78 is 26.2. The van der Waals surface area contributed by atoms with Gasteiger partial charge in [-0.25, -0.2) is 8.78 Å². The highest BCUT2D eigenvalue weighted by molar-refractivity contribution is 5.76. The van der Waals surface area contributed by atoms with E-state index in [0.717, 1.165) is 51.0 Å². The predicted molar refractivity (Wildman–Crippen MR) is 102 cm³/mol. The van der Waals surface area contributed by atoms with E-state index in [-0.39, 0.29) is 18.4 Å². The number of benzene rings is 2. The van der Waals surface area contributed by atoms with Crippen LogP contribution < -0.4 is 5.32 Å². The highest BCUT2D eigenvalue weighted by Gasteiger charge is 2.21. The monoisotopic (exact) mass is 372 g/mol. The molecule has 1 amide bonds. The van der Waals surface area contributed by atoms with Gasteiger partial charge in [0, 0.05) is 25.6 Å². The molecule has 1 heterocycles. The highest BCUT2D eigenvalue weighted by Crippen LogP contribution is 2.13. The van der Waals surface area contributed by atoms with Crippen LogP contribution in [0.3, 0.4) is 0 Å². The van der Waals surface area contributed by atoms with Crippen molar-refractivity contribution in [2.75, 3.05) is 19.6 Å². The number of likely N-dealkylation sites (tertiary alicyclic amines) is 1. The summed E-state index contributed by atoms with van der Waals surface area (Å²) >= 11 is 0. The Hall–Kier alpha value is -2.27. The molecular formula is C22H26F2N2O. The van der Waals surface area contributed by atoms with Gasteiger partial charge in [0.25, 0.3) is 0 Å². The zero-order valence-corrected chi connectivity index (χ0v) is 15.5. The van der Waals surface area contributed by atoms with Gasteiger partial charge < -0.3 is 10.2 Å². The number of hydrogen-bond donors (Lipinski definition) is 1. The third-order valence-corrected chi connectivity index (χ3v) is 5.05. The number of hydrogen-bond acceptors (Lipinski definition) is 2. The second-order valence-electron chi connectivity index (χ2n) is 7.19. The average Bonchev–Trinajstić information content (AvgIpc) is 2.68. The van der Waals surface area contributed by atoms with E-state index < -0.39 is 11.6 Å². The molecule has 1 atom stereocenters. The highest BCUT2D eigenvalue weighted by atomic mass is 19.2. The van der Waals surface area contributed by atoms with Gasteiger partial charge in [0.1, 0.15) is 0 Å². The standard InChI is InChI=1S/C22H26F2N2O/c23-20-10-8-18(15-21(20)24)9-11-22(27)25-19-7-4-13-26(16-19)14-12-17-5-2-1-3-6-17/h1-3,5-6,8,10,15,19H,4,7,9,11-14,16H2,(H,25,27). The molecule has 0 bridgehead atoms. The van der Waals surface area contributed by atoms with Crippen molar-refractivity contribution in [1.29, 1.82) is 0 Å². The average molecular weight is 372 g/mol. The maximum atomic E-state index is 13.2. The Bertz CT molecular complexity index is 751. The first-order valence-electron chi connectivity index (χ1n) is 9.60. The first-order chi connectivity index (χ1) is 13.1. The molecule has 1 aliphatic rings. The fraction of sp³-hybridized carbons (Fsp3) is 0.409. The van der Waals surface area contributed by atoms with Crippen molar-refractivity contribution >= 4 is 5.91 Å². The fourth-order valence-corrected chi connectivity index (χ4v) is 3.56. The van der Waals surface area contributed by atoms with Gasteiger partial charge in [-0.15, -0.1) is 0 Å². The molecular weight excluding hydrogens is 346 g/mol. The molecule has 1 aliphatic heterocycles. The minimum Gasteiger partial charge on any atom is -0.352 e. The number of aryl methyl sites for hydroxylation is 1. The maximum Gasteiger partial charge on any atom is 0.220 e. The van der Waals surface area contributed by atoms with Gasteiger partial charge in [0.15, 0.2) is 11.6 Å². The molecule has 1 N–H and O–H groups in total. The van der Waals surface area contributed by atoms with Crippen LogP contribution in [0, 0.1) is 11.6 Å². The van der Waals surface area contributed by atoms with Crippen LogP contribution in [0.5, 0.6) is 0 Å². The van der Waals surface area contributed by atoms with E-state index in [2.05, 4.69) is 34.5 Å². The van der Waals surface area contributed by atoms with E-state index in [4.69, 9.17) is 0 Å². The summed E-state index contributed by atoms with van der Waals surface area (Å²) in [5.74, 6) is -1.76. The molecule has 3 nitrogen and oxygen atoms in total. The van der Waals surface area contributed by atoms with Crippen molar-refractivity contribution in [3.05, 3.63) is 71.3 Å². The summed E-state index contributed by atoms with van der Waals surface area (Å²) in [6.07, 6.45) is 3.76. The molecule has 0 saturated carbocycles. The lowest BCUT2D eigenvalue weighted by Crippen LogP contribution is -2.48. The number of carbonyl (C=O) groups excluding carboxylic acids is 1. The quantitative estimate of drug-likeness (QED) is 0.803. The van der Waals surface area contributed by atoms with Crippen LogP contribution in [0.15, 0.2) is 48.5 Å². The fourth-order valence-electron chi connectivity index (χ4n) is 3.56. The molecule has 144 valence electrons. The number of carbonyl (C=O) groups is 1. The van der Waals surface area contributed by atoms with E-state index in [0.29, 0.717) is 12.0 Å². The molecule has 1 unspecified atom stereocenters. The molecule has 2 aromatic carbocycles. The second-order valence-corrected chi connectivity index (χ2v) is 7.19. The predicted octanol–water partition coefficient (Wildman–Crippen LogP) is 3.72. The molecule has 0 spiro atoms. The molecule has 0 aliphatic carbocycles. The van der Waals surface area contributed by atoms with E-state index >= 15 is 0 Å². The number of halogens is 2. The Morgan fingerprint density at radius 1 is 1.04 bits per heavy atom. The van der Waals surface area contributed by atoms with Gasteiger partial charge in [-0.3, -0.25) is 4.79 Å². The largest absolute Gasteiger partial charge is 0.352 e. The number of rotatable bonds is 7. The lowest BCUT2D eigenvalue weighted by Gasteiger charge is -2.33. The third-order valence-electron chi connectivity index (χ3n) is 5.05. The minimum absolute atomic E-state index is 0.0327. The number of nitrogens with one attached hydrogen (secondary N) is 1.